The van der Waals surface area contributed by atoms with Crippen LogP contribution in [0, 0.1) is 0 Å². The molecule has 8 heteroatoms. The Balaban J connectivity index is 0.00000182. The molecule has 4 rings (SSSR count). The molecule has 25 heavy (non-hydrogen) atoms. The second-order valence-corrected chi connectivity index (χ2v) is 8.16. The SMILES string of the molecule is Cl.O=S(=O)(c1cnc(-c2ccccc2)nc1)N1C2CCNCC1CC2. The van der Waals surface area contributed by atoms with Crippen molar-refractivity contribution in [1.82, 2.24) is 19.6 Å². The topological polar surface area (TPSA) is 75.2 Å². The molecule has 2 saturated heterocycles. The van der Waals surface area contributed by atoms with E-state index in [9.17, 15) is 8.42 Å². The van der Waals surface area contributed by atoms with Crippen LogP contribution in [0.3, 0.4) is 0 Å². The Morgan fingerprint density at radius 2 is 1.68 bits per heavy atom. The Hall–Kier alpha value is -1.54. The molecular formula is C17H21ClN4O2S. The van der Waals surface area contributed by atoms with Gasteiger partial charge in [0.25, 0.3) is 0 Å². The fourth-order valence-electron chi connectivity index (χ4n) is 3.64. The molecular weight excluding hydrogens is 360 g/mol. The number of halogens is 1. The van der Waals surface area contributed by atoms with Crippen molar-refractivity contribution < 1.29 is 8.42 Å². The number of rotatable bonds is 3. The number of hydrogen-bond donors (Lipinski definition) is 1. The molecule has 1 aromatic heterocycles. The second-order valence-electron chi connectivity index (χ2n) is 6.32. The molecule has 0 aliphatic carbocycles. The van der Waals surface area contributed by atoms with E-state index in [1.54, 1.807) is 4.31 Å². The average Bonchev–Trinajstić information content (AvgIpc) is 2.89. The molecule has 0 radical (unpaired) electrons. The molecule has 2 aromatic rings. The lowest BCUT2D eigenvalue weighted by Gasteiger charge is -2.26. The highest BCUT2D eigenvalue weighted by Crippen LogP contribution is 2.33. The zero-order valence-corrected chi connectivity index (χ0v) is 15.3. The van der Waals surface area contributed by atoms with E-state index in [1.165, 1.54) is 12.4 Å². The summed E-state index contributed by atoms with van der Waals surface area (Å²) in [7, 11) is -3.55. The number of fused-ring (bicyclic) bond motifs is 2. The highest BCUT2D eigenvalue weighted by molar-refractivity contribution is 7.89. The summed E-state index contributed by atoms with van der Waals surface area (Å²) < 4.78 is 27.8. The van der Waals surface area contributed by atoms with E-state index in [1.807, 2.05) is 30.3 Å². The molecule has 2 unspecified atom stereocenters. The first kappa shape index (κ1) is 18.3. The summed E-state index contributed by atoms with van der Waals surface area (Å²) in [5, 5.41) is 3.33. The van der Waals surface area contributed by atoms with Crippen LogP contribution >= 0.6 is 12.4 Å². The third-order valence-electron chi connectivity index (χ3n) is 4.82. The average molecular weight is 381 g/mol. The van der Waals surface area contributed by atoms with Gasteiger partial charge >= 0.3 is 0 Å². The molecule has 134 valence electrons. The summed E-state index contributed by atoms with van der Waals surface area (Å²) in [6.45, 7) is 1.59. The van der Waals surface area contributed by atoms with Crippen LogP contribution in [0.1, 0.15) is 19.3 Å². The quantitative estimate of drug-likeness (QED) is 0.882. The van der Waals surface area contributed by atoms with Gasteiger partial charge < -0.3 is 5.32 Å². The number of nitrogens with one attached hydrogen (secondary N) is 1. The molecule has 0 saturated carbocycles. The van der Waals surface area contributed by atoms with Gasteiger partial charge in [-0.05, 0) is 25.8 Å². The van der Waals surface area contributed by atoms with Gasteiger partial charge in [-0.3, -0.25) is 0 Å². The van der Waals surface area contributed by atoms with Crippen molar-refractivity contribution in [1.29, 1.82) is 0 Å². The molecule has 0 spiro atoms. The van der Waals surface area contributed by atoms with E-state index in [0.717, 1.165) is 37.9 Å². The number of sulfonamides is 1. The lowest BCUT2D eigenvalue weighted by molar-refractivity contribution is 0.334. The molecule has 0 amide bonds. The number of aromatic nitrogens is 2. The van der Waals surface area contributed by atoms with Gasteiger partial charge in [-0.2, -0.15) is 4.31 Å². The number of hydrogen-bond acceptors (Lipinski definition) is 5. The van der Waals surface area contributed by atoms with Gasteiger partial charge in [-0.15, -0.1) is 12.4 Å². The number of nitrogens with zero attached hydrogens (tertiary/aromatic N) is 3. The van der Waals surface area contributed by atoms with Crippen molar-refractivity contribution >= 4 is 22.4 Å². The first-order valence-electron chi connectivity index (χ1n) is 8.28. The minimum absolute atomic E-state index is 0. The van der Waals surface area contributed by atoms with E-state index < -0.39 is 10.0 Å². The summed E-state index contributed by atoms with van der Waals surface area (Å²) in [5.41, 5.74) is 0.875. The van der Waals surface area contributed by atoms with Crippen LogP contribution in [-0.4, -0.2) is 47.9 Å². The molecule has 2 bridgehead atoms. The molecule has 2 fully saturated rings. The zero-order valence-electron chi connectivity index (χ0n) is 13.7. The maximum absolute atomic E-state index is 13.1. The van der Waals surface area contributed by atoms with Gasteiger partial charge in [0.2, 0.25) is 10.0 Å². The van der Waals surface area contributed by atoms with Crippen LogP contribution in [0.15, 0.2) is 47.6 Å². The molecule has 2 aliphatic rings. The Kier molecular flexibility index (Phi) is 5.38. The predicted molar refractivity (Wildman–Crippen MR) is 98.0 cm³/mol. The van der Waals surface area contributed by atoms with Crippen molar-refractivity contribution in [2.75, 3.05) is 13.1 Å². The van der Waals surface area contributed by atoms with Crippen LogP contribution in [-0.2, 0) is 10.0 Å². The molecule has 1 aromatic carbocycles. The maximum Gasteiger partial charge on any atom is 0.246 e. The first-order chi connectivity index (χ1) is 11.7. The molecule has 2 atom stereocenters. The number of benzene rings is 1. The van der Waals surface area contributed by atoms with E-state index in [-0.39, 0.29) is 29.4 Å². The Bertz CT molecular complexity index is 800. The Morgan fingerprint density at radius 3 is 2.40 bits per heavy atom. The van der Waals surface area contributed by atoms with E-state index >= 15 is 0 Å². The van der Waals surface area contributed by atoms with Gasteiger partial charge in [-0.25, -0.2) is 18.4 Å². The lowest BCUT2D eigenvalue weighted by atomic mass is 10.1. The smallest absolute Gasteiger partial charge is 0.246 e. The predicted octanol–water partition coefficient (Wildman–Crippen LogP) is 2.08. The highest BCUT2D eigenvalue weighted by Gasteiger charge is 2.43. The van der Waals surface area contributed by atoms with E-state index in [4.69, 9.17) is 0 Å². The normalized spacial score (nSPS) is 23.7. The molecule has 3 heterocycles. The van der Waals surface area contributed by atoms with E-state index in [2.05, 4.69) is 15.3 Å². The van der Waals surface area contributed by atoms with Gasteiger partial charge in [0.15, 0.2) is 5.82 Å². The largest absolute Gasteiger partial charge is 0.315 e. The lowest BCUT2D eigenvalue weighted by Crippen LogP contribution is -2.42. The van der Waals surface area contributed by atoms with E-state index in [0.29, 0.717) is 5.82 Å². The maximum atomic E-state index is 13.1. The molecule has 1 N–H and O–H groups in total. The Morgan fingerprint density at radius 1 is 1.00 bits per heavy atom. The monoisotopic (exact) mass is 380 g/mol. The van der Waals surface area contributed by atoms with Crippen molar-refractivity contribution in [3.8, 4) is 11.4 Å². The van der Waals surface area contributed by atoms with Crippen LogP contribution < -0.4 is 5.32 Å². The summed E-state index contributed by atoms with van der Waals surface area (Å²) in [4.78, 5) is 8.72. The first-order valence-corrected chi connectivity index (χ1v) is 9.72. The van der Waals surface area contributed by atoms with Gasteiger partial charge in [-0.1, -0.05) is 30.3 Å². The summed E-state index contributed by atoms with van der Waals surface area (Å²) in [6, 6.07) is 9.68. The van der Waals surface area contributed by atoms with Crippen LogP contribution in [0.25, 0.3) is 11.4 Å². The fourth-order valence-corrected chi connectivity index (χ4v) is 5.43. The standard InChI is InChI=1S/C17H20N4O2S.ClH/c22-24(23,21-14-6-7-15(21)10-18-9-8-14)16-11-19-17(20-12-16)13-4-2-1-3-5-13;/h1-5,11-12,14-15,18H,6-10H2;1H. The zero-order chi connectivity index (χ0) is 16.6. The van der Waals surface area contributed by atoms with Crippen LogP contribution in [0.4, 0.5) is 0 Å². The third kappa shape index (κ3) is 3.42. The summed E-state index contributed by atoms with van der Waals surface area (Å²) >= 11 is 0. The van der Waals surface area contributed by atoms with Gasteiger partial charge in [0, 0.05) is 24.2 Å². The second kappa shape index (κ2) is 7.37. The Labute approximate surface area is 154 Å². The molecule has 6 nitrogen and oxygen atoms in total. The van der Waals surface area contributed by atoms with Crippen LogP contribution in [0.5, 0.6) is 0 Å². The minimum Gasteiger partial charge on any atom is -0.315 e. The highest BCUT2D eigenvalue weighted by atomic mass is 35.5. The summed E-state index contributed by atoms with van der Waals surface area (Å²) in [6.07, 6.45) is 5.58. The van der Waals surface area contributed by atoms with Crippen LogP contribution in [0.2, 0.25) is 0 Å². The van der Waals surface area contributed by atoms with Crippen molar-refractivity contribution in [3.05, 3.63) is 42.7 Å². The van der Waals surface area contributed by atoms with Crippen molar-refractivity contribution in [2.24, 2.45) is 0 Å². The summed E-state index contributed by atoms with van der Waals surface area (Å²) in [5.74, 6) is 0.537. The van der Waals surface area contributed by atoms with Gasteiger partial charge in [0.05, 0.1) is 12.4 Å². The minimum atomic E-state index is -3.55. The fraction of sp³-hybridized carbons (Fsp3) is 0.412. The van der Waals surface area contributed by atoms with Crippen molar-refractivity contribution in [3.63, 3.8) is 0 Å². The third-order valence-corrected chi connectivity index (χ3v) is 6.78. The van der Waals surface area contributed by atoms with Crippen molar-refractivity contribution in [2.45, 2.75) is 36.2 Å². The molecule has 2 aliphatic heterocycles. The van der Waals surface area contributed by atoms with Gasteiger partial charge in [0.1, 0.15) is 4.90 Å².